The smallest absolute Gasteiger partial charge is 0.332 e. The molecule has 0 aromatic carbocycles. The lowest BCUT2D eigenvalue weighted by molar-refractivity contribution is -0.173. The van der Waals surface area contributed by atoms with E-state index in [2.05, 4.69) is 26.2 Å². The van der Waals surface area contributed by atoms with Gasteiger partial charge in [0.25, 0.3) is 0 Å². The Morgan fingerprint density at radius 3 is 2.48 bits per heavy atom. The van der Waals surface area contributed by atoms with Crippen LogP contribution in [0.5, 0.6) is 0 Å². The first-order valence-electron chi connectivity index (χ1n) is 8.91. The van der Waals surface area contributed by atoms with Gasteiger partial charge in [-0.1, -0.05) is 6.07 Å². The highest BCUT2D eigenvalue weighted by atomic mass is 79.9. The SMILES string of the molecule is CC(C)(C)OC(=O)COC1(c2cccnc2Br)CCC2(CC1)CNC2. The van der Waals surface area contributed by atoms with E-state index in [0.29, 0.717) is 5.41 Å². The molecule has 1 spiro atoms. The fraction of sp³-hybridized carbons (Fsp3) is 0.684. The lowest BCUT2D eigenvalue weighted by Crippen LogP contribution is -2.57. The van der Waals surface area contributed by atoms with Crippen LogP contribution in [0.2, 0.25) is 0 Å². The normalized spacial score (nSPS) is 21.6. The van der Waals surface area contributed by atoms with Crippen molar-refractivity contribution in [3.63, 3.8) is 0 Å². The average Bonchev–Trinajstić information content (AvgIpc) is 2.51. The van der Waals surface area contributed by atoms with Crippen molar-refractivity contribution >= 4 is 21.9 Å². The van der Waals surface area contributed by atoms with Crippen LogP contribution >= 0.6 is 15.9 Å². The predicted molar refractivity (Wildman–Crippen MR) is 99.2 cm³/mol. The van der Waals surface area contributed by atoms with Crippen LogP contribution in [0.1, 0.15) is 52.0 Å². The van der Waals surface area contributed by atoms with E-state index in [4.69, 9.17) is 9.47 Å². The molecule has 2 fully saturated rings. The molecule has 0 amide bonds. The molecule has 6 heteroatoms. The second-order valence-electron chi connectivity index (χ2n) is 8.31. The second kappa shape index (κ2) is 6.97. The lowest BCUT2D eigenvalue weighted by Gasteiger charge is -2.51. The minimum absolute atomic E-state index is 0.0378. The summed E-state index contributed by atoms with van der Waals surface area (Å²) in [5, 5.41) is 3.39. The molecule has 2 aliphatic rings. The highest BCUT2D eigenvalue weighted by Crippen LogP contribution is 2.50. The summed E-state index contributed by atoms with van der Waals surface area (Å²) in [6.45, 7) is 7.74. The molecule has 0 atom stereocenters. The van der Waals surface area contributed by atoms with Gasteiger partial charge in [0.2, 0.25) is 0 Å². The summed E-state index contributed by atoms with van der Waals surface area (Å²) in [6.07, 6.45) is 5.73. The third-order valence-electron chi connectivity index (χ3n) is 5.25. The molecule has 1 aliphatic carbocycles. The van der Waals surface area contributed by atoms with Gasteiger partial charge in [0, 0.05) is 24.8 Å². The van der Waals surface area contributed by atoms with Crippen molar-refractivity contribution in [2.75, 3.05) is 19.7 Å². The minimum Gasteiger partial charge on any atom is -0.458 e. The Morgan fingerprint density at radius 2 is 1.96 bits per heavy atom. The molecule has 138 valence electrons. The molecule has 1 saturated carbocycles. The zero-order valence-electron chi connectivity index (χ0n) is 15.2. The van der Waals surface area contributed by atoms with Gasteiger partial charge in [0.15, 0.2) is 0 Å². The first-order valence-corrected chi connectivity index (χ1v) is 9.71. The fourth-order valence-electron chi connectivity index (χ4n) is 3.80. The Labute approximate surface area is 158 Å². The summed E-state index contributed by atoms with van der Waals surface area (Å²) in [4.78, 5) is 16.5. The van der Waals surface area contributed by atoms with Gasteiger partial charge < -0.3 is 14.8 Å². The predicted octanol–water partition coefficient (Wildman–Crippen LogP) is 3.56. The maximum atomic E-state index is 12.2. The van der Waals surface area contributed by atoms with Crippen LogP contribution in [-0.4, -0.2) is 36.3 Å². The standard InChI is InChI=1S/C19H27BrN2O3/c1-17(2,3)25-15(23)11-24-19(14-5-4-10-22-16(14)20)8-6-18(7-9-19)12-21-13-18/h4-5,10,21H,6-9,11-13H2,1-3H3. The average molecular weight is 411 g/mol. The number of hydrogen-bond acceptors (Lipinski definition) is 5. The van der Waals surface area contributed by atoms with Crippen molar-refractivity contribution < 1.29 is 14.3 Å². The van der Waals surface area contributed by atoms with Gasteiger partial charge in [-0.2, -0.15) is 0 Å². The Kier molecular flexibility index (Phi) is 5.24. The van der Waals surface area contributed by atoms with Gasteiger partial charge in [-0.25, -0.2) is 9.78 Å². The van der Waals surface area contributed by atoms with Crippen molar-refractivity contribution in [2.45, 2.75) is 57.7 Å². The third kappa shape index (κ3) is 4.23. The number of nitrogens with zero attached hydrogens (tertiary/aromatic N) is 1. The molecule has 2 heterocycles. The Bertz CT molecular complexity index is 628. The number of ether oxygens (including phenoxy) is 2. The van der Waals surface area contributed by atoms with Crippen LogP contribution in [0.25, 0.3) is 0 Å². The monoisotopic (exact) mass is 410 g/mol. The molecule has 1 N–H and O–H groups in total. The van der Waals surface area contributed by atoms with Crippen molar-refractivity contribution in [3.05, 3.63) is 28.5 Å². The van der Waals surface area contributed by atoms with Crippen molar-refractivity contribution in [1.29, 1.82) is 0 Å². The summed E-state index contributed by atoms with van der Waals surface area (Å²) in [6, 6.07) is 3.97. The number of carbonyl (C=O) groups excluding carboxylic acids is 1. The molecule has 3 rings (SSSR count). The zero-order valence-corrected chi connectivity index (χ0v) is 16.8. The molecule has 1 saturated heterocycles. The molecule has 0 radical (unpaired) electrons. The van der Waals surface area contributed by atoms with Gasteiger partial charge in [0.1, 0.15) is 16.8 Å². The van der Waals surface area contributed by atoms with Crippen molar-refractivity contribution in [1.82, 2.24) is 10.3 Å². The highest BCUT2D eigenvalue weighted by Gasteiger charge is 2.48. The Balaban J connectivity index is 1.76. The molecule has 0 bridgehead atoms. The van der Waals surface area contributed by atoms with E-state index < -0.39 is 11.2 Å². The second-order valence-corrected chi connectivity index (χ2v) is 9.07. The molecule has 25 heavy (non-hydrogen) atoms. The number of rotatable bonds is 4. The molecule has 5 nitrogen and oxygen atoms in total. The van der Waals surface area contributed by atoms with Crippen LogP contribution in [0, 0.1) is 5.41 Å². The maximum Gasteiger partial charge on any atom is 0.332 e. The molecule has 1 aliphatic heterocycles. The molecular formula is C19H27BrN2O3. The van der Waals surface area contributed by atoms with Crippen LogP contribution in [0.3, 0.4) is 0 Å². The summed E-state index contributed by atoms with van der Waals surface area (Å²) < 4.78 is 12.4. The summed E-state index contributed by atoms with van der Waals surface area (Å²) >= 11 is 3.56. The Hall–Kier alpha value is -0.980. The third-order valence-corrected chi connectivity index (χ3v) is 5.89. The minimum atomic E-state index is -0.503. The zero-order chi connectivity index (χ0) is 18.1. The van der Waals surface area contributed by atoms with E-state index in [-0.39, 0.29) is 12.6 Å². The largest absolute Gasteiger partial charge is 0.458 e. The van der Waals surface area contributed by atoms with Crippen LogP contribution in [0.15, 0.2) is 22.9 Å². The molecule has 0 unspecified atom stereocenters. The number of esters is 1. The van der Waals surface area contributed by atoms with Crippen molar-refractivity contribution in [2.24, 2.45) is 5.41 Å². The van der Waals surface area contributed by atoms with E-state index in [1.165, 1.54) is 0 Å². The summed E-state index contributed by atoms with van der Waals surface area (Å²) in [5.41, 5.74) is 0.454. The van der Waals surface area contributed by atoms with E-state index in [1.54, 1.807) is 6.20 Å². The van der Waals surface area contributed by atoms with Gasteiger partial charge >= 0.3 is 5.97 Å². The van der Waals surface area contributed by atoms with E-state index in [9.17, 15) is 4.79 Å². The molecular weight excluding hydrogens is 384 g/mol. The topological polar surface area (TPSA) is 60.5 Å². The van der Waals surface area contributed by atoms with Gasteiger partial charge in [-0.15, -0.1) is 0 Å². The van der Waals surface area contributed by atoms with E-state index >= 15 is 0 Å². The first-order chi connectivity index (χ1) is 11.7. The number of pyridine rings is 1. The molecule has 1 aromatic heterocycles. The fourth-order valence-corrected chi connectivity index (χ4v) is 4.41. The van der Waals surface area contributed by atoms with E-state index in [0.717, 1.165) is 48.9 Å². The number of halogens is 1. The highest BCUT2D eigenvalue weighted by molar-refractivity contribution is 9.10. The van der Waals surface area contributed by atoms with Crippen LogP contribution in [0.4, 0.5) is 0 Å². The van der Waals surface area contributed by atoms with E-state index in [1.807, 2.05) is 32.9 Å². The lowest BCUT2D eigenvalue weighted by atomic mass is 9.64. The summed E-state index contributed by atoms with van der Waals surface area (Å²) in [7, 11) is 0. The number of nitrogens with one attached hydrogen (secondary N) is 1. The maximum absolute atomic E-state index is 12.2. The number of hydrogen-bond donors (Lipinski definition) is 1. The van der Waals surface area contributed by atoms with Gasteiger partial charge in [-0.05, 0) is 73.9 Å². The number of aromatic nitrogens is 1. The van der Waals surface area contributed by atoms with Gasteiger partial charge in [-0.3, -0.25) is 0 Å². The van der Waals surface area contributed by atoms with Crippen LogP contribution in [-0.2, 0) is 19.9 Å². The summed E-state index contributed by atoms with van der Waals surface area (Å²) in [5.74, 6) is -0.322. The first kappa shape index (κ1) is 18.8. The Morgan fingerprint density at radius 1 is 1.28 bits per heavy atom. The van der Waals surface area contributed by atoms with Gasteiger partial charge in [0.05, 0.1) is 5.60 Å². The number of carbonyl (C=O) groups is 1. The molecule has 1 aromatic rings. The van der Waals surface area contributed by atoms with Crippen LogP contribution < -0.4 is 5.32 Å². The quantitative estimate of drug-likeness (QED) is 0.607. The van der Waals surface area contributed by atoms with Crippen molar-refractivity contribution in [3.8, 4) is 0 Å².